The topological polar surface area (TPSA) is 53.9 Å². The van der Waals surface area contributed by atoms with Crippen LogP contribution in [0.3, 0.4) is 0 Å². The highest BCUT2D eigenvalue weighted by Gasteiger charge is 2.32. The van der Waals surface area contributed by atoms with Gasteiger partial charge in [0.15, 0.2) is 0 Å². The van der Waals surface area contributed by atoms with Gasteiger partial charge in [0.05, 0.1) is 26.2 Å². The fourth-order valence-electron chi connectivity index (χ4n) is 3.86. The van der Waals surface area contributed by atoms with Crippen LogP contribution >= 0.6 is 0 Å². The Labute approximate surface area is 173 Å². The first kappa shape index (κ1) is 21.1. The van der Waals surface area contributed by atoms with Gasteiger partial charge in [-0.1, -0.05) is 62.4 Å². The highest BCUT2D eigenvalue weighted by Crippen LogP contribution is 2.11. The van der Waals surface area contributed by atoms with Gasteiger partial charge in [-0.3, -0.25) is 9.59 Å². The molecular weight excluding hydrogens is 362 g/mol. The SMILES string of the molecule is Cc1ccccc1C(=O)N[C@H](C(=O)N1CC[NH+](Cc2ccccc2)CC1)C(C)C. The molecule has 0 saturated carbocycles. The summed E-state index contributed by atoms with van der Waals surface area (Å²) in [7, 11) is 0. The zero-order valence-corrected chi connectivity index (χ0v) is 17.7. The van der Waals surface area contributed by atoms with E-state index in [4.69, 9.17) is 0 Å². The minimum Gasteiger partial charge on any atom is -0.340 e. The van der Waals surface area contributed by atoms with Gasteiger partial charge in [-0.05, 0) is 24.5 Å². The molecule has 5 heteroatoms. The minimum atomic E-state index is -0.502. The first-order chi connectivity index (χ1) is 14.0. The highest BCUT2D eigenvalue weighted by molar-refractivity contribution is 5.98. The number of hydrogen-bond acceptors (Lipinski definition) is 2. The van der Waals surface area contributed by atoms with E-state index in [1.807, 2.05) is 49.9 Å². The van der Waals surface area contributed by atoms with Crippen molar-refractivity contribution in [1.29, 1.82) is 0 Å². The lowest BCUT2D eigenvalue weighted by Gasteiger charge is -2.35. The normalized spacial score (nSPS) is 15.9. The van der Waals surface area contributed by atoms with Crippen LogP contribution in [0.5, 0.6) is 0 Å². The second-order valence-corrected chi connectivity index (χ2v) is 8.25. The summed E-state index contributed by atoms with van der Waals surface area (Å²) in [6.07, 6.45) is 0. The second-order valence-electron chi connectivity index (χ2n) is 8.25. The number of quaternary nitrogens is 1. The van der Waals surface area contributed by atoms with Crippen molar-refractivity contribution in [3.8, 4) is 0 Å². The predicted octanol–water partition coefficient (Wildman–Crippen LogP) is 1.68. The largest absolute Gasteiger partial charge is 0.340 e. The zero-order valence-electron chi connectivity index (χ0n) is 17.7. The fraction of sp³-hybridized carbons (Fsp3) is 0.417. The van der Waals surface area contributed by atoms with Crippen LogP contribution < -0.4 is 10.2 Å². The molecular formula is C24H32N3O2+. The van der Waals surface area contributed by atoms with E-state index >= 15 is 0 Å². The van der Waals surface area contributed by atoms with Gasteiger partial charge in [-0.2, -0.15) is 0 Å². The van der Waals surface area contributed by atoms with Gasteiger partial charge in [0.25, 0.3) is 5.91 Å². The van der Waals surface area contributed by atoms with Crippen molar-refractivity contribution in [3.63, 3.8) is 0 Å². The molecule has 0 aromatic heterocycles. The highest BCUT2D eigenvalue weighted by atomic mass is 16.2. The van der Waals surface area contributed by atoms with Crippen LogP contribution in [0.15, 0.2) is 54.6 Å². The number of amides is 2. The number of carbonyl (C=O) groups excluding carboxylic acids is 2. The van der Waals surface area contributed by atoms with Gasteiger partial charge in [-0.25, -0.2) is 0 Å². The van der Waals surface area contributed by atoms with Crippen LogP contribution in [-0.4, -0.2) is 48.9 Å². The van der Waals surface area contributed by atoms with Crippen LogP contribution in [0.25, 0.3) is 0 Å². The van der Waals surface area contributed by atoms with Crippen LogP contribution in [0, 0.1) is 12.8 Å². The van der Waals surface area contributed by atoms with E-state index in [1.54, 1.807) is 6.07 Å². The monoisotopic (exact) mass is 394 g/mol. The van der Waals surface area contributed by atoms with Gasteiger partial charge >= 0.3 is 0 Å². The third-order valence-electron chi connectivity index (χ3n) is 5.69. The molecule has 1 heterocycles. The fourth-order valence-corrected chi connectivity index (χ4v) is 3.86. The van der Waals surface area contributed by atoms with Crippen molar-refractivity contribution >= 4 is 11.8 Å². The molecule has 2 aromatic rings. The van der Waals surface area contributed by atoms with E-state index in [-0.39, 0.29) is 17.7 Å². The van der Waals surface area contributed by atoms with E-state index in [2.05, 4.69) is 29.6 Å². The standard InChI is InChI=1S/C24H31N3O2/c1-18(2)22(25-23(28)21-12-8-7-9-19(21)3)24(29)27-15-13-26(14-16-27)17-20-10-5-4-6-11-20/h4-12,18,22H,13-17H2,1-3H3,(H,25,28)/p+1/t22-/m0/s1. The molecule has 0 unspecified atom stereocenters. The average molecular weight is 395 g/mol. The number of hydrogen-bond donors (Lipinski definition) is 2. The number of rotatable bonds is 6. The van der Waals surface area contributed by atoms with Gasteiger partial charge in [0, 0.05) is 11.1 Å². The molecule has 0 radical (unpaired) electrons. The van der Waals surface area contributed by atoms with E-state index < -0.39 is 6.04 Å². The first-order valence-electron chi connectivity index (χ1n) is 10.5. The molecule has 29 heavy (non-hydrogen) atoms. The van der Waals surface area contributed by atoms with Gasteiger partial charge in [0.1, 0.15) is 12.6 Å². The van der Waals surface area contributed by atoms with Crippen LogP contribution in [0.2, 0.25) is 0 Å². The van der Waals surface area contributed by atoms with E-state index in [0.717, 1.165) is 38.3 Å². The number of carbonyl (C=O) groups is 2. The number of piperazine rings is 1. The van der Waals surface area contributed by atoms with E-state index in [1.165, 1.54) is 10.5 Å². The molecule has 2 aromatic carbocycles. The Morgan fingerprint density at radius 1 is 1.00 bits per heavy atom. The van der Waals surface area contributed by atoms with E-state index in [9.17, 15) is 9.59 Å². The average Bonchev–Trinajstić information content (AvgIpc) is 2.73. The summed E-state index contributed by atoms with van der Waals surface area (Å²) in [5.74, 6) is -0.116. The number of nitrogens with one attached hydrogen (secondary N) is 2. The summed E-state index contributed by atoms with van der Waals surface area (Å²) < 4.78 is 0. The second kappa shape index (κ2) is 9.70. The Morgan fingerprint density at radius 2 is 1.62 bits per heavy atom. The third kappa shape index (κ3) is 5.45. The summed E-state index contributed by atoms with van der Waals surface area (Å²) in [4.78, 5) is 29.3. The summed E-state index contributed by atoms with van der Waals surface area (Å²) >= 11 is 0. The minimum absolute atomic E-state index is 0.0284. The summed E-state index contributed by atoms with van der Waals surface area (Å²) in [5.41, 5.74) is 2.87. The molecule has 1 saturated heterocycles. The van der Waals surface area contributed by atoms with Crippen molar-refractivity contribution in [1.82, 2.24) is 10.2 Å². The Hall–Kier alpha value is -2.66. The Balaban J connectivity index is 1.58. The van der Waals surface area contributed by atoms with Crippen molar-refractivity contribution in [3.05, 3.63) is 71.3 Å². The summed E-state index contributed by atoms with van der Waals surface area (Å²) in [6.45, 7) is 10.2. The Bertz CT molecular complexity index is 827. The van der Waals surface area contributed by atoms with Gasteiger partial charge in [-0.15, -0.1) is 0 Å². The van der Waals surface area contributed by atoms with Crippen molar-refractivity contribution in [2.75, 3.05) is 26.2 Å². The molecule has 0 spiro atoms. The molecule has 2 amide bonds. The molecule has 1 aliphatic rings. The van der Waals surface area contributed by atoms with Gasteiger partial charge in [0.2, 0.25) is 5.91 Å². The van der Waals surface area contributed by atoms with Gasteiger partial charge < -0.3 is 15.1 Å². The summed E-state index contributed by atoms with van der Waals surface area (Å²) in [5, 5.41) is 2.98. The molecule has 154 valence electrons. The molecule has 0 aliphatic carbocycles. The van der Waals surface area contributed by atoms with Crippen LogP contribution in [0.1, 0.15) is 35.3 Å². The maximum Gasteiger partial charge on any atom is 0.252 e. The smallest absolute Gasteiger partial charge is 0.252 e. The quantitative estimate of drug-likeness (QED) is 0.783. The van der Waals surface area contributed by atoms with E-state index in [0.29, 0.717) is 5.56 Å². The molecule has 2 N–H and O–H groups in total. The lowest BCUT2D eigenvalue weighted by atomic mass is 10.0. The molecule has 5 nitrogen and oxygen atoms in total. The lowest BCUT2D eigenvalue weighted by molar-refractivity contribution is -0.917. The number of nitrogens with zero attached hydrogens (tertiary/aromatic N) is 1. The Morgan fingerprint density at radius 3 is 2.24 bits per heavy atom. The Kier molecular flexibility index (Phi) is 7.04. The maximum absolute atomic E-state index is 13.2. The zero-order chi connectivity index (χ0) is 20.8. The molecule has 1 aliphatic heterocycles. The van der Waals surface area contributed by atoms with Crippen LogP contribution in [0.4, 0.5) is 0 Å². The molecule has 0 bridgehead atoms. The van der Waals surface area contributed by atoms with Crippen molar-refractivity contribution in [2.24, 2.45) is 5.92 Å². The molecule has 1 fully saturated rings. The van der Waals surface area contributed by atoms with Crippen LogP contribution in [-0.2, 0) is 11.3 Å². The summed E-state index contributed by atoms with van der Waals surface area (Å²) in [6, 6.07) is 17.5. The molecule has 3 rings (SSSR count). The maximum atomic E-state index is 13.2. The first-order valence-corrected chi connectivity index (χ1v) is 10.5. The number of aryl methyl sites for hydroxylation is 1. The van der Waals surface area contributed by atoms with Crippen molar-refractivity contribution < 1.29 is 14.5 Å². The molecule has 1 atom stereocenters. The lowest BCUT2D eigenvalue weighted by Crippen LogP contribution is -3.13. The van der Waals surface area contributed by atoms with Crippen molar-refractivity contribution in [2.45, 2.75) is 33.4 Å². The predicted molar refractivity (Wildman–Crippen MR) is 115 cm³/mol. The number of benzene rings is 2. The third-order valence-corrected chi connectivity index (χ3v) is 5.69.